The van der Waals surface area contributed by atoms with Crippen LogP contribution in [-0.4, -0.2) is 39.2 Å². The summed E-state index contributed by atoms with van der Waals surface area (Å²) in [6.07, 6.45) is 7.35. The molecule has 1 aliphatic carbocycles. The molecular formula is C18H22ClN5O2. The fourth-order valence-corrected chi connectivity index (χ4v) is 3.67. The van der Waals surface area contributed by atoms with Crippen molar-refractivity contribution >= 4 is 29.1 Å². The molecule has 138 valence electrons. The normalized spacial score (nSPS) is 19.3. The summed E-state index contributed by atoms with van der Waals surface area (Å²) in [7, 11) is 0. The van der Waals surface area contributed by atoms with Gasteiger partial charge in [-0.3, -0.25) is 14.6 Å². The number of nitrogens with zero attached hydrogens (tertiary/aromatic N) is 4. The van der Waals surface area contributed by atoms with E-state index < -0.39 is 0 Å². The lowest BCUT2D eigenvalue weighted by atomic mass is 10.1. The van der Waals surface area contributed by atoms with E-state index in [0.29, 0.717) is 18.7 Å². The summed E-state index contributed by atoms with van der Waals surface area (Å²) in [4.78, 5) is 30.0. The lowest BCUT2D eigenvalue weighted by molar-refractivity contribution is -0.123. The van der Waals surface area contributed by atoms with Crippen molar-refractivity contribution < 1.29 is 9.59 Å². The van der Waals surface area contributed by atoms with Crippen molar-refractivity contribution in [1.29, 1.82) is 0 Å². The molecule has 0 bridgehead atoms. The van der Waals surface area contributed by atoms with Crippen LogP contribution in [0.2, 0.25) is 5.15 Å². The molecule has 1 saturated carbocycles. The average molecular weight is 376 g/mol. The standard InChI is InChI=1S/C18H22ClN5O2/c1-3-23(18(26)13-6-7-14(9-13)21-12(2)25)16-11-24(22-17(16)19)15-5-4-8-20-10-15/h4-5,8,10-11,13-14H,3,6-7,9H2,1-2H3,(H,21,25). The molecule has 2 amide bonds. The molecule has 0 radical (unpaired) electrons. The highest BCUT2D eigenvalue weighted by Gasteiger charge is 2.34. The van der Waals surface area contributed by atoms with Crippen LogP contribution in [0.3, 0.4) is 0 Å². The summed E-state index contributed by atoms with van der Waals surface area (Å²) >= 11 is 6.31. The van der Waals surface area contributed by atoms with Gasteiger partial charge in [-0.05, 0) is 38.3 Å². The molecule has 3 rings (SSSR count). The second-order valence-corrected chi connectivity index (χ2v) is 6.81. The maximum atomic E-state index is 13.0. The number of carbonyl (C=O) groups is 2. The topological polar surface area (TPSA) is 80.1 Å². The lowest BCUT2D eigenvalue weighted by Gasteiger charge is -2.23. The highest BCUT2D eigenvalue weighted by Crippen LogP contribution is 2.32. The molecule has 8 heteroatoms. The van der Waals surface area contributed by atoms with E-state index in [-0.39, 0.29) is 28.9 Å². The van der Waals surface area contributed by atoms with Crippen LogP contribution in [0.4, 0.5) is 5.69 Å². The summed E-state index contributed by atoms with van der Waals surface area (Å²) in [6.45, 7) is 3.91. The van der Waals surface area contributed by atoms with Crippen molar-refractivity contribution in [2.45, 2.75) is 39.2 Å². The van der Waals surface area contributed by atoms with E-state index in [1.54, 1.807) is 28.2 Å². The van der Waals surface area contributed by atoms with Gasteiger partial charge in [0, 0.05) is 31.6 Å². The fourth-order valence-electron chi connectivity index (χ4n) is 3.44. The van der Waals surface area contributed by atoms with Gasteiger partial charge >= 0.3 is 0 Å². The molecule has 2 heterocycles. The largest absolute Gasteiger partial charge is 0.354 e. The minimum absolute atomic E-state index is 0.0213. The van der Waals surface area contributed by atoms with E-state index in [4.69, 9.17) is 11.6 Å². The maximum Gasteiger partial charge on any atom is 0.230 e. The Balaban J connectivity index is 1.78. The van der Waals surface area contributed by atoms with Gasteiger partial charge in [0.2, 0.25) is 11.8 Å². The molecule has 0 aliphatic heterocycles. The number of nitrogens with one attached hydrogen (secondary N) is 1. The van der Waals surface area contributed by atoms with Crippen LogP contribution in [-0.2, 0) is 9.59 Å². The molecule has 1 fully saturated rings. The Labute approximate surface area is 157 Å². The Hall–Kier alpha value is -2.41. The molecule has 0 spiro atoms. The van der Waals surface area contributed by atoms with Crippen LogP contribution in [0.1, 0.15) is 33.1 Å². The molecular weight excluding hydrogens is 354 g/mol. The Kier molecular flexibility index (Phi) is 5.56. The van der Waals surface area contributed by atoms with Crippen LogP contribution >= 0.6 is 11.6 Å². The monoisotopic (exact) mass is 375 g/mol. The highest BCUT2D eigenvalue weighted by molar-refractivity contribution is 6.32. The number of pyridine rings is 1. The fraction of sp³-hybridized carbons (Fsp3) is 0.444. The second kappa shape index (κ2) is 7.86. The molecule has 0 aromatic carbocycles. The average Bonchev–Trinajstić information content (AvgIpc) is 3.23. The summed E-state index contributed by atoms with van der Waals surface area (Å²) in [6, 6.07) is 3.75. The molecule has 7 nitrogen and oxygen atoms in total. The number of rotatable bonds is 5. The maximum absolute atomic E-state index is 13.0. The number of aromatic nitrogens is 3. The van der Waals surface area contributed by atoms with Crippen molar-refractivity contribution in [3.8, 4) is 5.69 Å². The molecule has 2 aromatic heterocycles. The van der Waals surface area contributed by atoms with E-state index in [1.165, 1.54) is 6.92 Å². The van der Waals surface area contributed by atoms with Crippen molar-refractivity contribution in [3.05, 3.63) is 35.9 Å². The lowest BCUT2D eigenvalue weighted by Crippen LogP contribution is -2.37. The van der Waals surface area contributed by atoms with Gasteiger partial charge in [0.25, 0.3) is 0 Å². The Morgan fingerprint density at radius 2 is 2.23 bits per heavy atom. The summed E-state index contributed by atoms with van der Waals surface area (Å²) in [5.74, 6) is -0.158. The zero-order valence-electron chi connectivity index (χ0n) is 14.9. The third-order valence-corrected chi connectivity index (χ3v) is 4.89. The molecule has 2 atom stereocenters. The number of carbonyl (C=O) groups excluding carboxylic acids is 2. The molecule has 26 heavy (non-hydrogen) atoms. The Morgan fingerprint density at radius 1 is 1.42 bits per heavy atom. The number of halogens is 1. The third-order valence-electron chi connectivity index (χ3n) is 4.62. The number of hydrogen-bond acceptors (Lipinski definition) is 4. The summed E-state index contributed by atoms with van der Waals surface area (Å²) < 4.78 is 1.62. The van der Waals surface area contributed by atoms with Crippen LogP contribution in [0.15, 0.2) is 30.7 Å². The van der Waals surface area contributed by atoms with Crippen molar-refractivity contribution in [2.75, 3.05) is 11.4 Å². The van der Waals surface area contributed by atoms with E-state index in [1.807, 2.05) is 19.1 Å². The van der Waals surface area contributed by atoms with Gasteiger partial charge in [-0.2, -0.15) is 5.10 Å². The van der Waals surface area contributed by atoms with E-state index in [2.05, 4.69) is 15.4 Å². The van der Waals surface area contributed by atoms with E-state index in [0.717, 1.165) is 18.5 Å². The van der Waals surface area contributed by atoms with Gasteiger partial charge in [0.05, 0.1) is 18.1 Å². The van der Waals surface area contributed by atoms with Crippen LogP contribution in [0.5, 0.6) is 0 Å². The van der Waals surface area contributed by atoms with Crippen molar-refractivity contribution in [1.82, 2.24) is 20.1 Å². The quantitative estimate of drug-likeness (QED) is 0.871. The number of hydrogen-bond donors (Lipinski definition) is 1. The van der Waals surface area contributed by atoms with Crippen LogP contribution in [0, 0.1) is 5.92 Å². The third kappa shape index (κ3) is 3.88. The van der Waals surface area contributed by atoms with Crippen molar-refractivity contribution in [2.24, 2.45) is 5.92 Å². The number of amides is 2. The minimum Gasteiger partial charge on any atom is -0.354 e. The van der Waals surface area contributed by atoms with Gasteiger partial charge in [0.15, 0.2) is 5.15 Å². The zero-order valence-corrected chi connectivity index (χ0v) is 15.6. The minimum atomic E-state index is -0.121. The summed E-state index contributed by atoms with van der Waals surface area (Å²) in [5.41, 5.74) is 1.36. The second-order valence-electron chi connectivity index (χ2n) is 6.45. The first-order valence-electron chi connectivity index (χ1n) is 8.73. The van der Waals surface area contributed by atoms with Gasteiger partial charge < -0.3 is 10.2 Å². The SMILES string of the molecule is CCN(C(=O)C1CCC(NC(C)=O)C1)c1cn(-c2cccnc2)nc1Cl. The highest BCUT2D eigenvalue weighted by atomic mass is 35.5. The Morgan fingerprint density at radius 3 is 2.88 bits per heavy atom. The first-order chi connectivity index (χ1) is 12.5. The molecule has 1 aliphatic rings. The van der Waals surface area contributed by atoms with Crippen LogP contribution in [0.25, 0.3) is 5.69 Å². The first kappa shape index (κ1) is 18.4. The number of anilines is 1. The molecule has 2 unspecified atom stereocenters. The Bertz CT molecular complexity index is 792. The van der Waals surface area contributed by atoms with E-state index in [9.17, 15) is 9.59 Å². The molecule has 1 N–H and O–H groups in total. The zero-order chi connectivity index (χ0) is 18.7. The van der Waals surface area contributed by atoms with Gasteiger partial charge in [-0.25, -0.2) is 4.68 Å². The van der Waals surface area contributed by atoms with Crippen molar-refractivity contribution in [3.63, 3.8) is 0 Å². The van der Waals surface area contributed by atoms with Gasteiger partial charge in [-0.1, -0.05) is 11.6 Å². The predicted molar refractivity (Wildman–Crippen MR) is 99.3 cm³/mol. The predicted octanol–water partition coefficient (Wildman–Crippen LogP) is 2.58. The van der Waals surface area contributed by atoms with Crippen LogP contribution < -0.4 is 10.2 Å². The van der Waals surface area contributed by atoms with E-state index >= 15 is 0 Å². The molecule has 0 saturated heterocycles. The first-order valence-corrected chi connectivity index (χ1v) is 9.11. The van der Waals surface area contributed by atoms with Gasteiger partial charge in [-0.15, -0.1) is 0 Å². The molecule has 2 aromatic rings. The van der Waals surface area contributed by atoms with Gasteiger partial charge in [0.1, 0.15) is 5.69 Å². The summed E-state index contributed by atoms with van der Waals surface area (Å²) in [5, 5.41) is 7.48. The smallest absolute Gasteiger partial charge is 0.230 e.